The Kier molecular flexibility index (Phi) is 6.14. The fraction of sp³-hybridized carbons (Fsp3) is 0.182. The second kappa shape index (κ2) is 9.51. The van der Waals surface area contributed by atoms with E-state index < -0.39 is 0 Å². The van der Waals surface area contributed by atoms with E-state index in [9.17, 15) is 4.79 Å². The lowest BCUT2D eigenvalue weighted by Gasteiger charge is -2.08. The number of rotatable bonds is 8. The molecular formula is C22H23N7O. The molecule has 152 valence electrons. The molecule has 4 aromatic rings. The van der Waals surface area contributed by atoms with Crippen molar-refractivity contribution in [2.75, 3.05) is 6.54 Å². The van der Waals surface area contributed by atoms with Crippen LogP contribution in [-0.4, -0.2) is 37.4 Å². The number of nitrogens with one attached hydrogen (secondary N) is 2. The van der Waals surface area contributed by atoms with Gasteiger partial charge in [0.15, 0.2) is 0 Å². The van der Waals surface area contributed by atoms with Crippen molar-refractivity contribution in [3.05, 3.63) is 90.5 Å². The summed E-state index contributed by atoms with van der Waals surface area (Å²) in [5.74, 6) is 0. The number of benzene rings is 2. The van der Waals surface area contributed by atoms with Crippen LogP contribution < -0.4 is 10.6 Å². The van der Waals surface area contributed by atoms with Crippen LogP contribution in [-0.2, 0) is 13.0 Å². The van der Waals surface area contributed by atoms with Gasteiger partial charge in [0.25, 0.3) is 0 Å². The van der Waals surface area contributed by atoms with Crippen molar-refractivity contribution in [1.82, 2.24) is 35.4 Å². The Labute approximate surface area is 174 Å². The van der Waals surface area contributed by atoms with Gasteiger partial charge in [0.1, 0.15) is 0 Å². The summed E-state index contributed by atoms with van der Waals surface area (Å²) in [7, 11) is 0. The van der Waals surface area contributed by atoms with Crippen molar-refractivity contribution >= 4 is 6.03 Å². The van der Waals surface area contributed by atoms with Crippen molar-refractivity contribution < 1.29 is 4.79 Å². The molecule has 0 spiro atoms. The Morgan fingerprint density at radius 2 is 1.70 bits per heavy atom. The molecule has 2 amide bonds. The van der Waals surface area contributed by atoms with E-state index in [2.05, 4.69) is 26.0 Å². The lowest BCUT2D eigenvalue weighted by molar-refractivity contribution is 0.240. The summed E-state index contributed by atoms with van der Waals surface area (Å²) in [4.78, 5) is 12.0. The molecule has 0 bridgehead atoms. The molecule has 30 heavy (non-hydrogen) atoms. The monoisotopic (exact) mass is 401 g/mol. The number of carbonyl (C=O) groups is 1. The van der Waals surface area contributed by atoms with E-state index in [0.717, 1.165) is 35.3 Å². The molecule has 4 rings (SSSR count). The SMILES string of the molecule is O=C(NCCCc1cnn(-c2ccccc2)c1)NCc1ccc(-n2ccnn2)cc1. The summed E-state index contributed by atoms with van der Waals surface area (Å²) >= 11 is 0. The summed E-state index contributed by atoms with van der Waals surface area (Å²) < 4.78 is 3.55. The minimum Gasteiger partial charge on any atom is -0.338 e. The van der Waals surface area contributed by atoms with Crippen LogP contribution in [0.2, 0.25) is 0 Å². The molecule has 0 aliphatic carbocycles. The number of hydrogen-bond acceptors (Lipinski definition) is 4. The Hall–Kier alpha value is -3.94. The van der Waals surface area contributed by atoms with Gasteiger partial charge in [-0.2, -0.15) is 5.10 Å². The highest BCUT2D eigenvalue weighted by molar-refractivity contribution is 5.73. The van der Waals surface area contributed by atoms with Crippen molar-refractivity contribution in [2.24, 2.45) is 0 Å². The Balaban J connectivity index is 1.16. The van der Waals surface area contributed by atoms with Crippen LogP contribution in [0.15, 0.2) is 79.4 Å². The number of urea groups is 1. The lowest BCUT2D eigenvalue weighted by atomic mass is 10.2. The first-order valence-corrected chi connectivity index (χ1v) is 9.84. The fourth-order valence-corrected chi connectivity index (χ4v) is 3.06. The molecule has 2 aromatic heterocycles. The minimum absolute atomic E-state index is 0.171. The lowest BCUT2D eigenvalue weighted by Crippen LogP contribution is -2.35. The molecule has 0 atom stereocenters. The number of nitrogens with zero attached hydrogens (tertiary/aromatic N) is 5. The van der Waals surface area contributed by atoms with E-state index in [0.29, 0.717) is 13.1 Å². The summed E-state index contributed by atoms with van der Waals surface area (Å²) in [5.41, 5.74) is 4.13. The predicted molar refractivity (Wildman–Crippen MR) is 113 cm³/mol. The molecule has 0 aliphatic rings. The molecular weight excluding hydrogens is 378 g/mol. The minimum atomic E-state index is -0.171. The highest BCUT2D eigenvalue weighted by Crippen LogP contribution is 2.09. The molecule has 2 N–H and O–H groups in total. The smallest absolute Gasteiger partial charge is 0.315 e. The summed E-state index contributed by atoms with van der Waals surface area (Å²) in [5, 5.41) is 17.9. The van der Waals surface area contributed by atoms with Crippen LogP contribution >= 0.6 is 0 Å². The molecule has 0 saturated heterocycles. The molecule has 8 heteroatoms. The van der Waals surface area contributed by atoms with Crippen LogP contribution in [0.4, 0.5) is 4.79 Å². The van der Waals surface area contributed by atoms with Crippen molar-refractivity contribution in [3.63, 3.8) is 0 Å². The third-order valence-corrected chi connectivity index (χ3v) is 4.66. The summed E-state index contributed by atoms with van der Waals surface area (Å²) in [6.07, 6.45) is 9.02. The van der Waals surface area contributed by atoms with Crippen molar-refractivity contribution in [3.8, 4) is 11.4 Å². The molecule has 0 unspecified atom stereocenters. The van der Waals surface area contributed by atoms with Gasteiger partial charge in [-0.05, 0) is 48.2 Å². The van der Waals surface area contributed by atoms with Crippen LogP contribution in [0.25, 0.3) is 11.4 Å². The number of amides is 2. The van der Waals surface area contributed by atoms with E-state index >= 15 is 0 Å². The number of carbonyl (C=O) groups excluding carboxylic acids is 1. The Morgan fingerprint density at radius 3 is 2.47 bits per heavy atom. The maximum Gasteiger partial charge on any atom is 0.315 e. The highest BCUT2D eigenvalue weighted by atomic mass is 16.2. The van der Waals surface area contributed by atoms with Crippen molar-refractivity contribution in [1.29, 1.82) is 0 Å². The maximum atomic E-state index is 12.0. The van der Waals surface area contributed by atoms with E-state index in [-0.39, 0.29) is 6.03 Å². The Morgan fingerprint density at radius 1 is 0.900 bits per heavy atom. The van der Waals surface area contributed by atoms with Gasteiger partial charge >= 0.3 is 6.03 Å². The van der Waals surface area contributed by atoms with Gasteiger partial charge in [-0.25, -0.2) is 14.2 Å². The van der Waals surface area contributed by atoms with Gasteiger partial charge in [-0.1, -0.05) is 35.5 Å². The maximum absolute atomic E-state index is 12.0. The van der Waals surface area contributed by atoms with Gasteiger partial charge in [0, 0.05) is 19.3 Å². The van der Waals surface area contributed by atoms with Crippen LogP contribution in [0, 0.1) is 0 Å². The number of aryl methyl sites for hydroxylation is 1. The zero-order chi connectivity index (χ0) is 20.6. The van der Waals surface area contributed by atoms with E-state index in [1.165, 1.54) is 0 Å². The van der Waals surface area contributed by atoms with Crippen LogP contribution in [0.1, 0.15) is 17.5 Å². The molecule has 0 saturated carbocycles. The zero-order valence-electron chi connectivity index (χ0n) is 16.5. The molecule has 0 radical (unpaired) electrons. The highest BCUT2D eigenvalue weighted by Gasteiger charge is 2.03. The molecule has 8 nitrogen and oxygen atoms in total. The third-order valence-electron chi connectivity index (χ3n) is 4.66. The van der Waals surface area contributed by atoms with E-state index in [1.807, 2.05) is 71.7 Å². The normalized spacial score (nSPS) is 10.7. The second-order valence-electron chi connectivity index (χ2n) is 6.86. The van der Waals surface area contributed by atoms with Gasteiger partial charge in [0.05, 0.1) is 30.0 Å². The Bertz CT molecular complexity index is 1060. The predicted octanol–water partition coefficient (Wildman–Crippen LogP) is 2.89. The molecule has 2 heterocycles. The third kappa shape index (κ3) is 5.11. The van der Waals surface area contributed by atoms with Gasteiger partial charge < -0.3 is 10.6 Å². The first-order chi connectivity index (χ1) is 14.8. The summed E-state index contributed by atoms with van der Waals surface area (Å²) in [6, 6.07) is 17.6. The number of para-hydroxylation sites is 1. The topological polar surface area (TPSA) is 89.7 Å². The number of aromatic nitrogens is 5. The average Bonchev–Trinajstić information content (AvgIpc) is 3.49. The van der Waals surface area contributed by atoms with E-state index in [1.54, 1.807) is 17.1 Å². The van der Waals surface area contributed by atoms with Gasteiger partial charge in [-0.15, -0.1) is 5.10 Å². The standard InChI is InChI=1S/C22H23N7O/c30-22(24-15-18-8-10-21(11-9-18)28-14-13-25-27-28)23-12-4-5-19-16-26-29(17-19)20-6-2-1-3-7-20/h1-3,6-11,13-14,16-17H,4-5,12,15H2,(H2,23,24,30). The average molecular weight is 401 g/mol. The van der Waals surface area contributed by atoms with Gasteiger partial charge in [0.2, 0.25) is 0 Å². The van der Waals surface area contributed by atoms with E-state index in [4.69, 9.17) is 0 Å². The fourth-order valence-electron chi connectivity index (χ4n) is 3.06. The summed E-state index contributed by atoms with van der Waals surface area (Å²) in [6.45, 7) is 1.07. The van der Waals surface area contributed by atoms with Crippen LogP contribution in [0.5, 0.6) is 0 Å². The quantitative estimate of drug-likeness (QED) is 0.444. The largest absolute Gasteiger partial charge is 0.338 e. The first kappa shape index (κ1) is 19.4. The second-order valence-corrected chi connectivity index (χ2v) is 6.86. The first-order valence-electron chi connectivity index (χ1n) is 9.84. The number of hydrogen-bond donors (Lipinski definition) is 2. The molecule has 2 aromatic carbocycles. The van der Waals surface area contributed by atoms with Crippen LogP contribution in [0.3, 0.4) is 0 Å². The van der Waals surface area contributed by atoms with Gasteiger partial charge in [-0.3, -0.25) is 0 Å². The zero-order valence-corrected chi connectivity index (χ0v) is 16.5. The molecule has 0 aliphatic heterocycles. The van der Waals surface area contributed by atoms with Crippen molar-refractivity contribution in [2.45, 2.75) is 19.4 Å². The molecule has 0 fully saturated rings.